The van der Waals surface area contributed by atoms with Gasteiger partial charge >= 0.3 is 0 Å². The van der Waals surface area contributed by atoms with Gasteiger partial charge in [0.2, 0.25) is 0 Å². The molecule has 0 unspecified atom stereocenters. The molecule has 1 aromatic heterocycles. The zero-order valence-corrected chi connectivity index (χ0v) is 9.85. The summed E-state index contributed by atoms with van der Waals surface area (Å²) in [5.74, 6) is 0.487. The summed E-state index contributed by atoms with van der Waals surface area (Å²) >= 11 is 1.65. The van der Waals surface area contributed by atoms with E-state index in [1.807, 2.05) is 19.1 Å². The van der Waals surface area contributed by atoms with Crippen LogP contribution in [0.25, 0.3) is 10.4 Å². The van der Waals surface area contributed by atoms with Crippen molar-refractivity contribution in [1.82, 2.24) is 4.98 Å². The maximum absolute atomic E-state index is 13.7. The van der Waals surface area contributed by atoms with Crippen LogP contribution in [0.3, 0.4) is 0 Å². The molecule has 0 N–H and O–H groups in total. The molecule has 0 atom stereocenters. The summed E-state index contributed by atoms with van der Waals surface area (Å²) in [6.45, 7) is 1.96. The van der Waals surface area contributed by atoms with Crippen molar-refractivity contribution in [3.05, 3.63) is 40.8 Å². The summed E-state index contributed by atoms with van der Waals surface area (Å²) in [5.41, 5.74) is 1.64. The fourth-order valence-corrected chi connectivity index (χ4v) is 3.08. The zero-order chi connectivity index (χ0) is 11.1. The maximum Gasteiger partial charge on any atom is 0.131 e. The molecule has 0 bridgehead atoms. The van der Waals surface area contributed by atoms with Crippen LogP contribution in [0.4, 0.5) is 4.39 Å². The molecule has 1 aliphatic rings. The Kier molecular flexibility index (Phi) is 2.28. The van der Waals surface area contributed by atoms with Gasteiger partial charge in [0.15, 0.2) is 0 Å². The first-order chi connectivity index (χ1) is 7.75. The third kappa shape index (κ3) is 1.65. The SMILES string of the molecule is Cc1nc(C2CC2)sc1-c1ccccc1F. The van der Waals surface area contributed by atoms with Gasteiger partial charge in [-0.25, -0.2) is 9.37 Å². The highest BCUT2D eigenvalue weighted by atomic mass is 32.1. The third-order valence-electron chi connectivity index (χ3n) is 2.86. The highest BCUT2D eigenvalue weighted by molar-refractivity contribution is 7.15. The number of hydrogen-bond acceptors (Lipinski definition) is 2. The van der Waals surface area contributed by atoms with Crippen molar-refractivity contribution < 1.29 is 4.39 Å². The number of nitrogens with zero attached hydrogens (tertiary/aromatic N) is 1. The van der Waals surface area contributed by atoms with Gasteiger partial charge in [0, 0.05) is 11.5 Å². The molecule has 1 aliphatic carbocycles. The molecule has 2 aromatic rings. The average Bonchev–Trinajstić information content (AvgIpc) is 3.04. The van der Waals surface area contributed by atoms with Gasteiger partial charge in [-0.05, 0) is 25.8 Å². The molecule has 1 aromatic carbocycles. The van der Waals surface area contributed by atoms with Gasteiger partial charge in [-0.15, -0.1) is 11.3 Å². The number of thiazole rings is 1. The van der Waals surface area contributed by atoms with Crippen LogP contribution in [0.2, 0.25) is 0 Å². The predicted octanol–water partition coefficient (Wildman–Crippen LogP) is 4.14. The molecule has 3 heteroatoms. The first-order valence-corrected chi connectivity index (χ1v) is 6.29. The summed E-state index contributed by atoms with van der Waals surface area (Å²) in [4.78, 5) is 5.53. The number of hydrogen-bond donors (Lipinski definition) is 0. The van der Waals surface area contributed by atoms with Crippen LogP contribution >= 0.6 is 11.3 Å². The molecule has 16 heavy (non-hydrogen) atoms. The zero-order valence-electron chi connectivity index (χ0n) is 9.03. The molecule has 1 saturated carbocycles. The summed E-state index contributed by atoms with van der Waals surface area (Å²) in [6, 6.07) is 6.92. The molecule has 1 heterocycles. The van der Waals surface area contributed by atoms with Crippen LogP contribution in [-0.2, 0) is 0 Å². The minimum absolute atomic E-state index is 0.156. The van der Waals surface area contributed by atoms with Crippen LogP contribution in [0, 0.1) is 12.7 Å². The Morgan fingerprint density at radius 1 is 1.31 bits per heavy atom. The topological polar surface area (TPSA) is 12.9 Å². The van der Waals surface area contributed by atoms with Gasteiger partial charge in [-0.1, -0.05) is 18.2 Å². The summed E-state index contributed by atoms with van der Waals surface area (Å²) in [7, 11) is 0. The number of rotatable bonds is 2. The highest BCUT2D eigenvalue weighted by Crippen LogP contribution is 2.44. The van der Waals surface area contributed by atoms with Gasteiger partial charge in [-0.3, -0.25) is 0 Å². The fourth-order valence-electron chi connectivity index (χ4n) is 1.82. The van der Waals surface area contributed by atoms with E-state index in [1.54, 1.807) is 17.4 Å². The molecule has 3 rings (SSSR count). The van der Waals surface area contributed by atoms with E-state index in [-0.39, 0.29) is 5.82 Å². The third-order valence-corrected chi connectivity index (χ3v) is 4.21. The molecular formula is C13H12FNS. The Bertz CT molecular complexity index is 528. The van der Waals surface area contributed by atoms with Crippen LogP contribution < -0.4 is 0 Å². The molecule has 0 spiro atoms. The summed E-state index contributed by atoms with van der Waals surface area (Å²) < 4.78 is 13.7. The predicted molar refractivity (Wildman–Crippen MR) is 64.2 cm³/mol. The second-order valence-corrected chi connectivity index (χ2v) is 5.25. The number of aryl methyl sites for hydroxylation is 1. The van der Waals surface area contributed by atoms with E-state index in [9.17, 15) is 4.39 Å². The van der Waals surface area contributed by atoms with Gasteiger partial charge < -0.3 is 0 Å². The lowest BCUT2D eigenvalue weighted by Gasteiger charge is -1.99. The number of benzene rings is 1. The van der Waals surface area contributed by atoms with Crippen molar-refractivity contribution in [3.8, 4) is 10.4 Å². The first-order valence-electron chi connectivity index (χ1n) is 5.48. The van der Waals surface area contributed by atoms with E-state index < -0.39 is 0 Å². The minimum Gasteiger partial charge on any atom is -0.246 e. The lowest BCUT2D eigenvalue weighted by molar-refractivity contribution is 0.631. The van der Waals surface area contributed by atoms with E-state index in [0.29, 0.717) is 11.5 Å². The highest BCUT2D eigenvalue weighted by Gasteiger charge is 2.28. The van der Waals surface area contributed by atoms with E-state index in [2.05, 4.69) is 4.98 Å². The molecule has 82 valence electrons. The van der Waals surface area contributed by atoms with Crippen molar-refractivity contribution in [2.45, 2.75) is 25.7 Å². The Morgan fingerprint density at radius 3 is 2.75 bits per heavy atom. The van der Waals surface area contributed by atoms with Gasteiger partial charge in [0.1, 0.15) is 5.82 Å². The van der Waals surface area contributed by atoms with Crippen molar-refractivity contribution in [1.29, 1.82) is 0 Å². The molecule has 0 amide bonds. The molecule has 1 nitrogen and oxygen atoms in total. The van der Waals surface area contributed by atoms with E-state index in [4.69, 9.17) is 0 Å². The van der Waals surface area contributed by atoms with Crippen molar-refractivity contribution in [3.63, 3.8) is 0 Å². The quantitative estimate of drug-likeness (QED) is 0.759. The maximum atomic E-state index is 13.7. The minimum atomic E-state index is -0.156. The Labute approximate surface area is 98.0 Å². The Morgan fingerprint density at radius 2 is 2.06 bits per heavy atom. The second-order valence-electron chi connectivity index (χ2n) is 4.22. The normalized spacial score (nSPS) is 15.4. The molecule has 0 radical (unpaired) electrons. The standard InChI is InChI=1S/C13H12FNS/c1-8-12(10-4-2-3-5-11(10)14)16-13(15-8)9-6-7-9/h2-5,9H,6-7H2,1H3. The van der Waals surface area contributed by atoms with Crippen molar-refractivity contribution in [2.24, 2.45) is 0 Å². The van der Waals surface area contributed by atoms with Crippen LogP contribution in [-0.4, -0.2) is 4.98 Å². The van der Waals surface area contributed by atoms with Crippen molar-refractivity contribution >= 4 is 11.3 Å². The van der Waals surface area contributed by atoms with E-state index >= 15 is 0 Å². The first kappa shape index (κ1) is 9.97. The van der Waals surface area contributed by atoms with E-state index in [1.165, 1.54) is 23.9 Å². The van der Waals surface area contributed by atoms with Crippen LogP contribution in [0.1, 0.15) is 29.5 Å². The largest absolute Gasteiger partial charge is 0.246 e. The monoisotopic (exact) mass is 233 g/mol. The molecule has 0 aliphatic heterocycles. The lowest BCUT2D eigenvalue weighted by Crippen LogP contribution is -1.82. The fraction of sp³-hybridized carbons (Fsp3) is 0.308. The number of halogens is 1. The molecular weight excluding hydrogens is 221 g/mol. The number of aromatic nitrogens is 1. The average molecular weight is 233 g/mol. The van der Waals surface area contributed by atoms with Gasteiger partial charge in [0.05, 0.1) is 15.6 Å². The Balaban J connectivity index is 2.08. The molecule has 0 saturated heterocycles. The summed E-state index contributed by atoms with van der Waals surface area (Å²) in [6.07, 6.45) is 2.48. The van der Waals surface area contributed by atoms with Gasteiger partial charge in [-0.2, -0.15) is 0 Å². The second kappa shape index (κ2) is 3.67. The van der Waals surface area contributed by atoms with Crippen LogP contribution in [0.15, 0.2) is 24.3 Å². The lowest BCUT2D eigenvalue weighted by atomic mass is 10.1. The van der Waals surface area contributed by atoms with E-state index in [0.717, 1.165) is 10.6 Å². The molecule has 1 fully saturated rings. The Hall–Kier alpha value is -1.22. The summed E-state index contributed by atoms with van der Waals surface area (Å²) in [5, 5.41) is 1.18. The van der Waals surface area contributed by atoms with Gasteiger partial charge in [0.25, 0.3) is 0 Å². The van der Waals surface area contributed by atoms with Crippen LogP contribution in [0.5, 0.6) is 0 Å². The van der Waals surface area contributed by atoms with Crippen molar-refractivity contribution in [2.75, 3.05) is 0 Å². The smallest absolute Gasteiger partial charge is 0.131 e.